The zero-order valence-corrected chi connectivity index (χ0v) is 12.5. The van der Waals surface area contributed by atoms with Crippen molar-refractivity contribution in [3.05, 3.63) is 0 Å². The van der Waals surface area contributed by atoms with Crippen LogP contribution in [0.15, 0.2) is 0 Å². The molecule has 0 aromatic carbocycles. The van der Waals surface area contributed by atoms with Crippen LogP contribution in [-0.2, 0) is 4.79 Å². The smallest absolute Gasteiger partial charge is 0.219 e. The first-order valence-corrected chi connectivity index (χ1v) is 7.95. The number of hydrogen-bond acceptors (Lipinski definition) is 2. The van der Waals surface area contributed by atoms with Gasteiger partial charge in [0.2, 0.25) is 5.91 Å². The second-order valence-electron chi connectivity index (χ2n) is 5.38. The first-order valence-electron chi connectivity index (χ1n) is 7.95. The van der Waals surface area contributed by atoms with Crippen molar-refractivity contribution in [2.45, 2.75) is 51.9 Å². The summed E-state index contributed by atoms with van der Waals surface area (Å²) in [5.41, 5.74) is 0. The number of hydrogen-bond donors (Lipinski definition) is 1. The van der Waals surface area contributed by atoms with Gasteiger partial charge in [-0.2, -0.15) is 0 Å². The summed E-state index contributed by atoms with van der Waals surface area (Å²) in [5.74, 6) is 0.228. The number of unbranched alkanes of at least 4 members (excludes halogenated alkanes) is 4. The van der Waals surface area contributed by atoms with E-state index in [1.54, 1.807) is 0 Å². The summed E-state index contributed by atoms with van der Waals surface area (Å²) >= 11 is 0. The van der Waals surface area contributed by atoms with Crippen molar-refractivity contribution in [3.8, 4) is 0 Å². The van der Waals surface area contributed by atoms with Crippen LogP contribution in [0.3, 0.4) is 0 Å². The molecule has 19 heavy (non-hydrogen) atoms. The number of piperazine rings is 1. The Hall–Kier alpha value is -0.610. The fraction of sp³-hybridized carbons (Fsp3) is 0.933. The third kappa shape index (κ3) is 9.00. The molecule has 0 aliphatic carbocycles. The van der Waals surface area contributed by atoms with E-state index in [2.05, 4.69) is 22.5 Å². The predicted molar refractivity (Wildman–Crippen MR) is 79.3 cm³/mol. The van der Waals surface area contributed by atoms with Gasteiger partial charge in [0, 0.05) is 39.1 Å². The summed E-state index contributed by atoms with van der Waals surface area (Å²) in [7, 11) is 0. The van der Waals surface area contributed by atoms with E-state index in [1.807, 2.05) is 0 Å². The van der Waals surface area contributed by atoms with Gasteiger partial charge in [0.25, 0.3) is 0 Å². The first kappa shape index (κ1) is 16.4. The lowest BCUT2D eigenvalue weighted by atomic mass is 10.2. The summed E-state index contributed by atoms with van der Waals surface area (Å²) < 4.78 is 0. The van der Waals surface area contributed by atoms with Crippen LogP contribution >= 0.6 is 0 Å². The minimum absolute atomic E-state index is 0.228. The molecule has 0 saturated carbocycles. The maximum Gasteiger partial charge on any atom is 0.219 e. The van der Waals surface area contributed by atoms with Crippen LogP contribution < -0.4 is 10.6 Å². The minimum atomic E-state index is 0.228. The van der Waals surface area contributed by atoms with Gasteiger partial charge in [-0.3, -0.25) is 4.79 Å². The average Bonchev–Trinajstić information content (AvgIpc) is 2.44. The topological polar surface area (TPSA) is 46.4 Å². The Labute approximate surface area is 118 Å². The molecule has 0 spiro atoms. The molecule has 1 aliphatic rings. The Morgan fingerprint density at radius 3 is 2.63 bits per heavy atom. The predicted octanol–water partition coefficient (Wildman–Crippen LogP) is 1.77. The standard InChI is InChI=1S/C15H30N3O/c1-2-3-5-8-15(19)17-9-6-4-7-12-18-13-10-16-11-14-18/h2-14H2,1H3,(H,17,19). The molecule has 1 heterocycles. The third-order valence-corrected chi connectivity index (χ3v) is 3.63. The van der Waals surface area contributed by atoms with E-state index in [4.69, 9.17) is 0 Å². The lowest BCUT2D eigenvalue weighted by Crippen LogP contribution is -2.40. The molecule has 4 heteroatoms. The molecule has 1 aliphatic heterocycles. The summed E-state index contributed by atoms with van der Waals surface area (Å²) in [5, 5.41) is 7.36. The van der Waals surface area contributed by atoms with Crippen LogP contribution in [0.1, 0.15) is 51.9 Å². The Kier molecular flexibility index (Phi) is 9.72. The fourth-order valence-electron chi connectivity index (χ4n) is 2.36. The van der Waals surface area contributed by atoms with Gasteiger partial charge in [-0.1, -0.05) is 26.2 Å². The molecule has 1 radical (unpaired) electrons. The number of nitrogens with one attached hydrogen (secondary N) is 1. The highest BCUT2D eigenvalue weighted by Crippen LogP contribution is 2.01. The van der Waals surface area contributed by atoms with E-state index in [-0.39, 0.29) is 5.91 Å². The summed E-state index contributed by atoms with van der Waals surface area (Å²) in [6.45, 7) is 8.48. The first-order chi connectivity index (χ1) is 9.33. The molecule has 1 fully saturated rings. The molecular formula is C15H30N3O. The quantitative estimate of drug-likeness (QED) is 0.614. The van der Waals surface area contributed by atoms with Crippen molar-refractivity contribution < 1.29 is 4.79 Å². The van der Waals surface area contributed by atoms with Crippen LogP contribution in [0.25, 0.3) is 0 Å². The molecule has 0 bridgehead atoms. The maximum absolute atomic E-state index is 11.5. The van der Waals surface area contributed by atoms with E-state index < -0.39 is 0 Å². The summed E-state index contributed by atoms with van der Waals surface area (Å²) in [6.07, 6.45) is 7.63. The number of carbonyl (C=O) groups is 1. The van der Waals surface area contributed by atoms with E-state index in [0.717, 1.165) is 52.0 Å². The zero-order valence-electron chi connectivity index (χ0n) is 12.5. The van der Waals surface area contributed by atoms with E-state index in [1.165, 1.54) is 25.8 Å². The van der Waals surface area contributed by atoms with Gasteiger partial charge in [-0.05, 0) is 25.8 Å². The van der Waals surface area contributed by atoms with Gasteiger partial charge < -0.3 is 10.2 Å². The molecule has 0 unspecified atom stereocenters. The van der Waals surface area contributed by atoms with Crippen LogP contribution in [0, 0.1) is 0 Å². The van der Waals surface area contributed by atoms with Gasteiger partial charge in [-0.25, -0.2) is 5.32 Å². The minimum Gasteiger partial charge on any atom is -0.356 e. The van der Waals surface area contributed by atoms with Gasteiger partial charge in [0.05, 0.1) is 0 Å². The van der Waals surface area contributed by atoms with Crippen molar-refractivity contribution in [1.82, 2.24) is 15.5 Å². The van der Waals surface area contributed by atoms with E-state index >= 15 is 0 Å². The van der Waals surface area contributed by atoms with E-state index in [0.29, 0.717) is 6.42 Å². The molecule has 0 aromatic rings. The second kappa shape index (κ2) is 11.2. The monoisotopic (exact) mass is 268 g/mol. The highest BCUT2D eigenvalue weighted by atomic mass is 16.1. The maximum atomic E-state index is 11.5. The SMILES string of the molecule is CCCCCC(=O)NCCCCCN1CC[N]CC1. The Morgan fingerprint density at radius 2 is 1.89 bits per heavy atom. The van der Waals surface area contributed by atoms with Crippen LogP contribution in [0.4, 0.5) is 0 Å². The molecule has 1 amide bonds. The highest BCUT2D eigenvalue weighted by Gasteiger charge is 2.08. The second-order valence-corrected chi connectivity index (χ2v) is 5.38. The van der Waals surface area contributed by atoms with Gasteiger partial charge in [-0.15, -0.1) is 0 Å². The molecule has 0 atom stereocenters. The van der Waals surface area contributed by atoms with Crippen molar-refractivity contribution in [1.29, 1.82) is 0 Å². The molecule has 4 nitrogen and oxygen atoms in total. The van der Waals surface area contributed by atoms with Crippen LogP contribution in [0.5, 0.6) is 0 Å². The van der Waals surface area contributed by atoms with Crippen molar-refractivity contribution in [2.24, 2.45) is 0 Å². The largest absolute Gasteiger partial charge is 0.356 e. The fourth-order valence-corrected chi connectivity index (χ4v) is 2.36. The number of nitrogens with zero attached hydrogens (tertiary/aromatic N) is 2. The van der Waals surface area contributed by atoms with Crippen LogP contribution in [-0.4, -0.2) is 50.1 Å². The molecule has 1 N–H and O–H groups in total. The summed E-state index contributed by atoms with van der Waals surface area (Å²) in [4.78, 5) is 14.0. The number of carbonyl (C=O) groups excluding carboxylic acids is 1. The molecule has 111 valence electrons. The lowest BCUT2D eigenvalue weighted by Gasteiger charge is -2.26. The van der Waals surface area contributed by atoms with Gasteiger partial charge >= 0.3 is 0 Å². The number of amides is 1. The van der Waals surface area contributed by atoms with Crippen molar-refractivity contribution >= 4 is 5.91 Å². The Bertz CT molecular complexity index is 227. The van der Waals surface area contributed by atoms with Crippen molar-refractivity contribution in [2.75, 3.05) is 39.3 Å². The molecule has 0 aromatic heterocycles. The lowest BCUT2D eigenvalue weighted by molar-refractivity contribution is -0.121. The molecule has 1 rings (SSSR count). The zero-order chi connectivity index (χ0) is 13.8. The average molecular weight is 268 g/mol. The van der Waals surface area contributed by atoms with Gasteiger partial charge in [0.1, 0.15) is 0 Å². The third-order valence-electron chi connectivity index (χ3n) is 3.63. The van der Waals surface area contributed by atoms with Crippen molar-refractivity contribution in [3.63, 3.8) is 0 Å². The normalized spacial score (nSPS) is 16.5. The summed E-state index contributed by atoms with van der Waals surface area (Å²) in [6, 6.07) is 0. The Morgan fingerprint density at radius 1 is 1.11 bits per heavy atom. The van der Waals surface area contributed by atoms with Gasteiger partial charge in [0.15, 0.2) is 0 Å². The molecular weight excluding hydrogens is 238 g/mol. The Balaban J connectivity index is 1.83. The van der Waals surface area contributed by atoms with E-state index in [9.17, 15) is 4.79 Å². The molecule has 1 saturated heterocycles. The van der Waals surface area contributed by atoms with Crippen LogP contribution in [0.2, 0.25) is 0 Å². The number of rotatable bonds is 10. The highest BCUT2D eigenvalue weighted by molar-refractivity contribution is 5.75.